The Morgan fingerprint density at radius 2 is 1.76 bits per heavy atom. The summed E-state index contributed by atoms with van der Waals surface area (Å²) in [5, 5.41) is 4.75. The van der Waals surface area contributed by atoms with E-state index in [1.165, 1.54) is 19.2 Å². The van der Waals surface area contributed by atoms with E-state index in [0.29, 0.717) is 0 Å². The maximum absolute atomic E-state index is 12.7. The molecule has 2 N–H and O–H groups in total. The van der Waals surface area contributed by atoms with Gasteiger partial charge in [0.05, 0.1) is 11.1 Å². The average molecular weight is 304 g/mol. The average Bonchev–Trinajstić information content (AvgIpc) is 2.43. The third-order valence-electron chi connectivity index (χ3n) is 2.49. The molecule has 8 heteroatoms. The number of hydrogen-bond acceptors (Lipinski definition) is 3. The van der Waals surface area contributed by atoms with Gasteiger partial charge in [-0.25, -0.2) is 0 Å². The van der Waals surface area contributed by atoms with E-state index >= 15 is 0 Å². The molecule has 0 aliphatic rings. The maximum atomic E-state index is 12.7. The van der Waals surface area contributed by atoms with E-state index in [1.807, 2.05) is 0 Å². The molecule has 0 aliphatic heterocycles. The third-order valence-corrected chi connectivity index (χ3v) is 2.49. The first kappa shape index (κ1) is 17.0. The van der Waals surface area contributed by atoms with Crippen LogP contribution in [-0.4, -0.2) is 38.6 Å². The Hall–Kier alpha value is -2.09. The minimum Gasteiger partial charge on any atom is -0.375 e. The number of rotatable bonds is 6. The number of halogens is 3. The smallest absolute Gasteiger partial charge is 0.375 e. The normalized spacial score (nSPS) is 11.0. The molecule has 0 radical (unpaired) electrons. The van der Waals surface area contributed by atoms with Gasteiger partial charge in [-0.05, 0) is 12.1 Å². The predicted molar refractivity (Wildman–Crippen MR) is 68.7 cm³/mol. The van der Waals surface area contributed by atoms with Gasteiger partial charge in [0.1, 0.15) is 6.61 Å². The van der Waals surface area contributed by atoms with Gasteiger partial charge in [-0.1, -0.05) is 12.1 Å². The van der Waals surface area contributed by atoms with Crippen LogP contribution in [0.25, 0.3) is 0 Å². The molecule has 0 atom stereocenters. The lowest BCUT2D eigenvalue weighted by atomic mass is 10.1. The van der Waals surface area contributed by atoms with E-state index in [-0.39, 0.29) is 25.6 Å². The van der Waals surface area contributed by atoms with Crippen molar-refractivity contribution in [2.75, 3.05) is 26.8 Å². The van der Waals surface area contributed by atoms with Crippen molar-refractivity contribution in [3.05, 3.63) is 35.4 Å². The number of carbonyl (C=O) groups excluding carboxylic acids is 2. The van der Waals surface area contributed by atoms with Crippen LogP contribution in [0.4, 0.5) is 13.2 Å². The van der Waals surface area contributed by atoms with Gasteiger partial charge in [-0.15, -0.1) is 0 Å². The number of methoxy groups -OCH3 is 1. The molecule has 1 rings (SSSR count). The molecule has 0 bridgehead atoms. The lowest BCUT2D eigenvalue weighted by Gasteiger charge is -2.12. The molecule has 0 unspecified atom stereocenters. The van der Waals surface area contributed by atoms with Crippen molar-refractivity contribution in [1.29, 1.82) is 0 Å². The molecule has 5 nitrogen and oxygen atoms in total. The van der Waals surface area contributed by atoms with E-state index in [0.717, 1.165) is 12.1 Å². The molecule has 116 valence electrons. The molecular formula is C13H15F3N2O3. The second-order valence-corrected chi connectivity index (χ2v) is 4.08. The fourth-order valence-electron chi connectivity index (χ4n) is 1.58. The zero-order valence-corrected chi connectivity index (χ0v) is 11.3. The van der Waals surface area contributed by atoms with E-state index in [9.17, 15) is 22.8 Å². The fraction of sp³-hybridized carbons (Fsp3) is 0.385. The molecular weight excluding hydrogens is 289 g/mol. The highest BCUT2D eigenvalue weighted by molar-refractivity contribution is 5.95. The van der Waals surface area contributed by atoms with Crippen molar-refractivity contribution >= 4 is 11.8 Å². The summed E-state index contributed by atoms with van der Waals surface area (Å²) in [5.41, 5.74) is -1.45. The zero-order chi connectivity index (χ0) is 15.9. The van der Waals surface area contributed by atoms with Crippen LogP contribution in [0.5, 0.6) is 0 Å². The monoisotopic (exact) mass is 304 g/mol. The Morgan fingerprint density at radius 3 is 2.38 bits per heavy atom. The van der Waals surface area contributed by atoms with Crippen LogP contribution in [-0.2, 0) is 15.7 Å². The van der Waals surface area contributed by atoms with Crippen LogP contribution in [0.1, 0.15) is 15.9 Å². The number of ether oxygens (including phenoxy) is 1. The molecule has 0 aliphatic carbocycles. The highest BCUT2D eigenvalue weighted by Crippen LogP contribution is 2.31. The van der Waals surface area contributed by atoms with Crippen molar-refractivity contribution in [2.45, 2.75) is 6.18 Å². The van der Waals surface area contributed by atoms with Gasteiger partial charge < -0.3 is 15.4 Å². The van der Waals surface area contributed by atoms with Crippen LogP contribution in [0.3, 0.4) is 0 Å². The number of nitrogens with one attached hydrogen (secondary N) is 2. The molecule has 0 aromatic heterocycles. The number of carbonyl (C=O) groups is 2. The summed E-state index contributed by atoms with van der Waals surface area (Å²) in [6.45, 7) is -0.00650. The molecule has 1 aromatic carbocycles. The van der Waals surface area contributed by atoms with Gasteiger partial charge in [0, 0.05) is 20.2 Å². The Bertz CT molecular complexity index is 504. The summed E-state index contributed by atoms with van der Waals surface area (Å²) in [5.74, 6) is -1.22. The Kier molecular flexibility index (Phi) is 6.16. The first-order valence-electron chi connectivity index (χ1n) is 6.06. The quantitative estimate of drug-likeness (QED) is 0.776. The summed E-state index contributed by atoms with van der Waals surface area (Å²) in [6.07, 6.45) is -4.60. The van der Waals surface area contributed by atoms with E-state index in [1.54, 1.807) is 0 Å². The van der Waals surface area contributed by atoms with Gasteiger partial charge >= 0.3 is 6.18 Å². The highest BCUT2D eigenvalue weighted by atomic mass is 19.4. The minimum absolute atomic E-state index is 0.0144. The van der Waals surface area contributed by atoms with Crippen LogP contribution >= 0.6 is 0 Å². The van der Waals surface area contributed by atoms with E-state index < -0.39 is 23.2 Å². The fourth-order valence-corrected chi connectivity index (χ4v) is 1.58. The molecule has 0 fully saturated rings. The van der Waals surface area contributed by atoms with Gasteiger partial charge in [0.15, 0.2) is 0 Å². The van der Waals surface area contributed by atoms with Gasteiger partial charge in [-0.2, -0.15) is 13.2 Å². The number of benzene rings is 1. The summed E-state index contributed by atoms with van der Waals surface area (Å²) < 4.78 is 42.8. The van der Waals surface area contributed by atoms with Gasteiger partial charge in [0.25, 0.3) is 5.91 Å². The first-order valence-corrected chi connectivity index (χ1v) is 6.06. The summed E-state index contributed by atoms with van der Waals surface area (Å²) >= 11 is 0. The molecule has 0 heterocycles. The van der Waals surface area contributed by atoms with Crippen molar-refractivity contribution in [3.63, 3.8) is 0 Å². The second-order valence-electron chi connectivity index (χ2n) is 4.08. The Morgan fingerprint density at radius 1 is 1.14 bits per heavy atom. The SMILES string of the molecule is COCC(=O)NCCNC(=O)c1ccccc1C(F)(F)F. The number of alkyl halides is 3. The van der Waals surface area contributed by atoms with Crippen molar-refractivity contribution in [3.8, 4) is 0 Å². The lowest BCUT2D eigenvalue weighted by Crippen LogP contribution is -2.36. The summed E-state index contributed by atoms with van der Waals surface area (Å²) in [4.78, 5) is 22.8. The van der Waals surface area contributed by atoms with Crippen LogP contribution in [0.2, 0.25) is 0 Å². The minimum atomic E-state index is -4.60. The molecule has 0 spiro atoms. The highest BCUT2D eigenvalue weighted by Gasteiger charge is 2.34. The molecule has 2 amide bonds. The lowest BCUT2D eigenvalue weighted by molar-refractivity contribution is -0.138. The van der Waals surface area contributed by atoms with E-state index in [2.05, 4.69) is 15.4 Å². The van der Waals surface area contributed by atoms with Gasteiger partial charge in [0.2, 0.25) is 5.91 Å². The van der Waals surface area contributed by atoms with Crippen LogP contribution in [0, 0.1) is 0 Å². The molecule has 0 saturated carbocycles. The topological polar surface area (TPSA) is 67.4 Å². The zero-order valence-electron chi connectivity index (χ0n) is 11.3. The van der Waals surface area contributed by atoms with Crippen molar-refractivity contribution in [1.82, 2.24) is 10.6 Å². The van der Waals surface area contributed by atoms with Gasteiger partial charge in [-0.3, -0.25) is 9.59 Å². The van der Waals surface area contributed by atoms with Crippen LogP contribution in [0.15, 0.2) is 24.3 Å². The molecule has 1 aromatic rings. The second kappa shape index (κ2) is 7.63. The largest absolute Gasteiger partial charge is 0.417 e. The summed E-state index contributed by atoms with van der Waals surface area (Å²) in [7, 11) is 1.36. The van der Waals surface area contributed by atoms with Crippen molar-refractivity contribution < 1.29 is 27.5 Å². The Labute approximate surface area is 119 Å². The van der Waals surface area contributed by atoms with Crippen molar-refractivity contribution in [2.24, 2.45) is 0 Å². The molecule has 21 heavy (non-hydrogen) atoms. The maximum Gasteiger partial charge on any atom is 0.417 e. The predicted octanol–water partition coefficient (Wildman–Crippen LogP) is 1.20. The van der Waals surface area contributed by atoms with E-state index in [4.69, 9.17) is 0 Å². The van der Waals surface area contributed by atoms with Crippen LogP contribution < -0.4 is 10.6 Å². The summed E-state index contributed by atoms with van der Waals surface area (Å²) in [6, 6.07) is 4.51. The third kappa shape index (κ3) is 5.42. The number of hydrogen-bond donors (Lipinski definition) is 2. The Balaban J connectivity index is 2.55. The standard InChI is InChI=1S/C13H15F3N2O3/c1-21-8-11(19)17-6-7-18-12(20)9-4-2-3-5-10(9)13(14,15)16/h2-5H,6-8H2,1H3,(H,17,19)(H,18,20). The number of amides is 2. The molecule has 0 saturated heterocycles. The first-order chi connectivity index (χ1) is 9.86.